The molecule has 2 atom stereocenters. The van der Waals surface area contributed by atoms with Crippen LogP contribution in [0, 0.1) is 13.8 Å². The predicted molar refractivity (Wildman–Crippen MR) is 155 cm³/mol. The minimum absolute atomic E-state index is 0.295. The molecule has 0 saturated heterocycles. The van der Waals surface area contributed by atoms with Crippen LogP contribution in [0.1, 0.15) is 39.0 Å². The number of benzodiazepines with no additional fused rings is 1. The SMILES string of the molecule is COc1c(C)cc(C(=O)NC2N=C(c3ccccc3)c3ccccc3N(CC(=O)N[C@H](C=O)CC(=O)O)C2=O)cc1C. The van der Waals surface area contributed by atoms with Gasteiger partial charge in [-0.25, -0.2) is 4.99 Å². The number of carboxylic acid groups (broad SMARTS) is 1. The molecule has 0 fully saturated rings. The number of anilines is 1. The number of amides is 3. The molecule has 1 aliphatic heterocycles. The fraction of sp³-hybridized carbons (Fsp3) is 0.226. The van der Waals surface area contributed by atoms with Gasteiger partial charge < -0.3 is 25.3 Å². The fourth-order valence-corrected chi connectivity index (χ4v) is 4.84. The van der Waals surface area contributed by atoms with Crippen molar-refractivity contribution >= 4 is 41.4 Å². The molecular formula is C31H30N4O7. The largest absolute Gasteiger partial charge is 0.496 e. The van der Waals surface area contributed by atoms with Gasteiger partial charge >= 0.3 is 5.97 Å². The smallest absolute Gasteiger partial charge is 0.305 e. The third kappa shape index (κ3) is 6.52. The van der Waals surface area contributed by atoms with E-state index in [1.807, 2.05) is 30.3 Å². The van der Waals surface area contributed by atoms with Gasteiger partial charge in [0.2, 0.25) is 12.1 Å². The maximum absolute atomic E-state index is 14.0. The van der Waals surface area contributed by atoms with E-state index in [0.717, 1.165) is 11.1 Å². The van der Waals surface area contributed by atoms with E-state index < -0.39 is 48.9 Å². The van der Waals surface area contributed by atoms with Crippen molar-refractivity contribution in [1.29, 1.82) is 0 Å². The number of nitrogens with zero attached hydrogens (tertiary/aromatic N) is 2. The highest BCUT2D eigenvalue weighted by atomic mass is 16.5. The van der Waals surface area contributed by atoms with Gasteiger partial charge in [-0.15, -0.1) is 0 Å². The second-order valence-corrected chi connectivity index (χ2v) is 9.71. The molecule has 11 heteroatoms. The minimum Gasteiger partial charge on any atom is -0.496 e. The summed E-state index contributed by atoms with van der Waals surface area (Å²) >= 11 is 0. The van der Waals surface area contributed by atoms with E-state index in [4.69, 9.17) is 9.84 Å². The number of aliphatic imine (C=N–C) groups is 1. The Morgan fingerprint density at radius 3 is 2.31 bits per heavy atom. The van der Waals surface area contributed by atoms with Crippen molar-refractivity contribution < 1.29 is 33.8 Å². The summed E-state index contributed by atoms with van der Waals surface area (Å²) in [6.07, 6.45) is -1.71. The van der Waals surface area contributed by atoms with E-state index in [-0.39, 0.29) is 0 Å². The first-order valence-corrected chi connectivity index (χ1v) is 13.1. The molecule has 0 radical (unpaired) electrons. The molecule has 3 N–H and O–H groups in total. The molecule has 3 aromatic rings. The Hall–Kier alpha value is -5.32. The number of carbonyl (C=O) groups is 5. The molecule has 0 spiro atoms. The lowest BCUT2D eigenvalue weighted by molar-refractivity contribution is -0.138. The summed E-state index contributed by atoms with van der Waals surface area (Å²) in [5.41, 5.74) is 3.77. The van der Waals surface area contributed by atoms with Crippen LogP contribution in [0.4, 0.5) is 5.69 Å². The van der Waals surface area contributed by atoms with Crippen LogP contribution in [0.3, 0.4) is 0 Å². The molecule has 42 heavy (non-hydrogen) atoms. The first kappa shape index (κ1) is 29.7. The highest BCUT2D eigenvalue weighted by Crippen LogP contribution is 2.29. The summed E-state index contributed by atoms with van der Waals surface area (Å²) in [7, 11) is 1.54. The molecule has 1 heterocycles. The van der Waals surface area contributed by atoms with Crippen LogP contribution in [-0.4, -0.2) is 66.7 Å². The highest BCUT2D eigenvalue weighted by molar-refractivity contribution is 6.21. The number of ether oxygens (including phenoxy) is 1. The number of aryl methyl sites for hydroxylation is 2. The van der Waals surface area contributed by atoms with Gasteiger partial charge in [0, 0.05) is 16.7 Å². The van der Waals surface area contributed by atoms with Crippen molar-refractivity contribution in [3.63, 3.8) is 0 Å². The van der Waals surface area contributed by atoms with Gasteiger partial charge in [-0.1, -0.05) is 48.5 Å². The van der Waals surface area contributed by atoms with Gasteiger partial charge in [0.05, 0.1) is 31.0 Å². The second kappa shape index (κ2) is 12.9. The molecule has 1 aliphatic rings. The van der Waals surface area contributed by atoms with Crippen molar-refractivity contribution in [2.75, 3.05) is 18.6 Å². The Labute approximate surface area is 242 Å². The zero-order chi connectivity index (χ0) is 30.4. The highest BCUT2D eigenvalue weighted by Gasteiger charge is 2.34. The van der Waals surface area contributed by atoms with E-state index >= 15 is 0 Å². The van der Waals surface area contributed by atoms with Crippen molar-refractivity contribution in [3.05, 3.63) is 94.5 Å². The maximum Gasteiger partial charge on any atom is 0.305 e. The Morgan fingerprint density at radius 2 is 1.69 bits per heavy atom. The number of hydrogen-bond donors (Lipinski definition) is 3. The Bertz CT molecular complexity index is 1550. The van der Waals surface area contributed by atoms with Crippen LogP contribution in [0.15, 0.2) is 71.7 Å². The van der Waals surface area contributed by atoms with E-state index in [2.05, 4.69) is 15.6 Å². The van der Waals surface area contributed by atoms with Gasteiger partial charge in [0.25, 0.3) is 11.8 Å². The van der Waals surface area contributed by atoms with E-state index in [1.54, 1.807) is 57.4 Å². The molecule has 3 amide bonds. The van der Waals surface area contributed by atoms with Crippen LogP contribution in [0.5, 0.6) is 5.75 Å². The molecule has 11 nitrogen and oxygen atoms in total. The summed E-state index contributed by atoms with van der Waals surface area (Å²) in [5, 5.41) is 14.1. The lowest BCUT2D eigenvalue weighted by Crippen LogP contribution is -2.51. The molecular weight excluding hydrogens is 540 g/mol. The minimum atomic E-state index is -1.42. The number of nitrogens with one attached hydrogen (secondary N) is 2. The monoisotopic (exact) mass is 570 g/mol. The first-order chi connectivity index (χ1) is 20.1. The summed E-state index contributed by atoms with van der Waals surface area (Å²) < 4.78 is 5.39. The number of para-hydroxylation sites is 1. The molecule has 3 aromatic carbocycles. The molecule has 0 aliphatic carbocycles. The molecule has 4 rings (SSSR count). The Balaban J connectivity index is 1.75. The molecule has 0 bridgehead atoms. The van der Waals surface area contributed by atoms with Crippen molar-refractivity contribution in [1.82, 2.24) is 10.6 Å². The molecule has 216 valence electrons. The number of carbonyl (C=O) groups excluding carboxylic acids is 4. The average molecular weight is 571 g/mol. The molecule has 1 unspecified atom stereocenters. The van der Waals surface area contributed by atoms with E-state index in [0.29, 0.717) is 40.1 Å². The number of aldehydes is 1. The van der Waals surface area contributed by atoms with Gasteiger partial charge in [0.1, 0.15) is 18.6 Å². The third-order valence-electron chi connectivity index (χ3n) is 6.66. The summed E-state index contributed by atoms with van der Waals surface area (Å²) in [6.45, 7) is 3.06. The van der Waals surface area contributed by atoms with Crippen LogP contribution in [-0.2, 0) is 19.2 Å². The van der Waals surface area contributed by atoms with Crippen molar-refractivity contribution in [2.45, 2.75) is 32.5 Å². The van der Waals surface area contributed by atoms with E-state index in [9.17, 15) is 24.0 Å². The van der Waals surface area contributed by atoms with Crippen LogP contribution in [0.2, 0.25) is 0 Å². The Morgan fingerprint density at radius 1 is 1.05 bits per heavy atom. The van der Waals surface area contributed by atoms with Crippen LogP contribution >= 0.6 is 0 Å². The average Bonchev–Trinajstić information content (AvgIpc) is 3.07. The molecule has 0 aromatic heterocycles. The third-order valence-corrected chi connectivity index (χ3v) is 6.66. The van der Waals surface area contributed by atoms with Gasteiger partial charge in [-0.05, 0) is 43.2 Å². The topological polar surface area (TPSA) is 154 Å². The number of carboxylic acids is 1. The van der Waals surface area contributed by atoms with Gasteiger partial charge in [0.15, 0.2) is 0 Å². The summed E-state index contributed by atoms with van der Waals surface area (Å²) in [4.78, 5) is 68.7. The first-order valence-electron chi connectivity index (χ1n) is 13.1. The van der Waals surface area contributed by atoms with Crippen molar-refractivity contribution in [2.24, 2.45) is 4.99 Å². The summed E-state index contributed by atoms with van der Waals surface area (Å²) in [5.74, 6) is -2.64. The Kier molecular flexibility index (Phi) is 9.11. The summed E-state index contributed by atoms with van der Waals surface area (Å²) in [6, 6.07) is 18.0. The number of methoxy groups -OCH3 is 1. The standard InChI is InChI=1S/C31H30N4O7/c1-18-13-21(14-19(2)28(18)42-3)30(40)34-29-31(41)35(16-25(37)32-22(17-36)15-26(38)39)24-12-8-7-11-23(24)27(33-29)20-9-5-4-6-10-20/h4-14,17,22,29H,15-16H2,1-3H3,(H,32,37)(H,34,40)(H,38,39)/t22-,29?/m0/s1. The zero-order valence-electron chi connectivity index (χ0n) is 23.3. The van der Waals surface area contributed by atoms with Crippen molar-refractivity contribution in [3.8, 4) is 5.75 Å². The van der Waals surface area contributed by atoms with Gasteiger partial charge in [-0.2, -0.15) is 0 Å². The van der Waals surface area contributed by atoms with Gasteiger partial charge in [-0.3, -0.25) is 24.1 Å². The second-order valence-electron chi connectivity index (χ2n) is 9.71. The lowest BCUT2D eigenvalue weighted by Gasteiger charge is -2.25. The number of hydrogen-bond acceptors (Lipinski definition) is 7. The fourth-order valence-electron chi connectivity index (χ4n) is 4.84. The number of rotatable bonds is 10. The maximum atomic E-state index is 14.0. The zero-order valence-corrected chi connectivity index (χ0v) is 23.3. The lowest BCUT2D eigenvalue weighted by atomic mass is 10.0. The quantitative estimate of drug-likeness (QED) is 0.316. The number of fused-ring (bicyclic) bond motifs is 1. The number of benzene rings is 3. The van der Waals surface area contributed by atoms with E-state index in [1.165, 1.54) is 4.90 Å². The van der Waals surface area contributed by atoms with Crippen LogP contribution < -0.4 is 20.3 Å². The van der Waals surface area contributed by atoms with Crippen LogP contribution in [0.25, 0.3) is 0 Å². The number of aliphatic carboxylic acids is 1. The molecule has 0 saturated carbocycles. The normalized spacial score (nSPS) is 15.0. The predicted octanol–water partition coefficient (Wildman–Crippen LogP) is 2.41.